The quantitative estimate of drug-likeness (QED) is 0.766. The molecule has 28 heavy (non-hydrogen) atoms. The molecule has 1 heterocycles. The summed E-state index contributed by atoms with van der Waals surface area (Å²) in [6.45, 7) is 3.13. The number of hydrogen-bond acceptors (Lipinski definition) is 5. The monoisotopic (exact) mass is 404 g/mol. The smallest absolute Gasteiger partial charge is 0.251 e. The van der Waals surface area contributed by atoms with Crippen molar-refractivity contribution in [1.82, 2.24) is 5.32 Å². The molecule has 1 amide bonds. The van der Waals surface area contributed by atoms with Gasteiger partial charge >= 0.3 is 0 Å². The summed E-state index contributed by atoms with van der Waals surface area (Å²) in [5.74, 6) is 0.992. The molecule has 8 heteroatoms. The minimum atomic E-state index is -3.35. The molecule has 0 aromatic heterocycles. The first-order chi connectivity index (χ1) is 13.3. The van der Waals surface area contributed by atoms with Crippen LogP contribution < -0.4 is 19.1 Å². The number of methoxy groups -OCH3 is 1. The molecule has 0 radical (unpaired) electrons. The second kappa shape index (κ2) is 8.10. The molecular weight excluding hydrogens is 380 g/mol. The predicted molar refractivity (Wildman–Crippen MR) is 108 cm³/mol. The predicted octanol–water partition coefficient (Wildman–Crippen LogP) is 2.35. The zero-order valence-electron chi connectivity index (χ0n) is 16.2. The Kier molecular flexibility index (Phi) is 5.79. The Balaban J connectivity index is 1.73. The van der Waals surface area contributed by atoms with Gasteiger partial charge in [-0.2, -0.15) is 0 Å². The maximum absolute atomic E-state index is 12.6. The summed E-state index contributed by atoms with van der Waals surface area (Å²) in [4.78, 5) is 12.6. The van der Waals surface area contributed by atoms with E-state index in [4.69, 9.17) is 9.47 Å². The summed E-state index contributed by atoms with van der Waals surface area (Å²) in [5, 5.41) is 2.86. The molecule has 0 unspecified atom stereocenters. The zero-order chi connectivity index (χ0) is 20.3. The maximum atomic E-state index is 12.6. The molecule has 2 aromatic carbocycles. The van der Waals surface area contributed by atoms with Gasteiger partial charge in [0.15, 0.2) is 11.5 Å². The summed E-state index contributed by atoms with van der Waals surface area (Å²) in [6.07, 6.45) is 1.82. The first-order valence-corrected chi connectivity index (χ1v) is 10.9. The summed E-state index contributed by atoms with van der Waals surface area (Å²) in [6, 6.07) is 10.7. The van der Waals surface area contributed by atoms with E-state index in [0.717, 1.165) is 11.1 Å². The molecule has 0 aliphatic carbocycles. The Morgan fingerprint density at radius 2 is 1.96 bits per heavy atom. The number of anilines is 1. The van der Waals surface area contributed by atoms with Crippen LogP contribution in [0, 0.1) is 0 Å². The second-order valence-corrected chi connectivity index (χ2v) is 8.44. The number of ether oxygens (including phenoxy) is 2. The number of amides is 1. The van der Waals surface area contributed by atoms with E-state index in [9.17, 15) is 13.2 Å². The van der Waals surface area contributed by atoms with Crippen molar-refractivity contribution in [1.29, 1.82) is 0 Å². The number of benzene rings is 2. The second-order valence-electron chi connectivity index (χ2n) is 6.53. The first kappa shape index (κ1) is 20.0. The zero-order valence-corrected chi connectivity index (χ0v) is 17.0. The van der Waals surface area contributed by atoms with Gasteiger partial charge in [-0.3, -0.25) is 9.10 Å². The van der Waals surface area contributed by atoms with E-state index in [1.165, 1.54) is 10.6 Å². The summed E-state index contributed by atoms with van der Waals surface area (Å²) >= 11 is 0. The SMILES string of the molecule is CCOc1cc(CNC(=O)c2ccc3c(c2)N(S(C)(=O)=O)CC3)ccc1OC. The van der Waals surface area contributed by atoms with Crippen molar-refractivity contribution in [3.63, 3.8) is 0 Å². The third kappa shape index (κ3) is 4.22. The van der Waals surface area contributed by atoms with Gasteiger partial charge in [-0.15, -0.1) is 0 Å². The fourth-order valence-electron chi connectivity index (χ4n) is 3.22. The lowest BCUT2D eigenvalue weighted by Gasteiger charge is -2.17. The van der Waals surface area contributed by atoms with Crippen molar-refractivity contribution >= 4 is 21.6 Å². The van der Waals surface area contributed by atoms with Crippen LogP contribution in [0.25, 0.3) is 0 Å². The largest absolute Gasteiger partial charge is 0.493 e. The Morgan fingerprint density at radius 1 is 1.18 bits per heavy atom. The van der Waals surface area contributed by atoms with E-state index in [-0.39, 0.29) is 5.91 Å². The van der Waals surface area contributed by atoms with Crippen molar-refractivity contribution in [2.75, 3.05) is 30.8 Å². The van der Waals surface area contributed by atoms with E-state index >= 15 is 0 Å². The van der Waals surface area contributed by atoms with Gasteiger partial charge in [0, 0.05) is 18.7 Å². The lowest BCUT2D eigenvalue weighted by molar-refractivity contribution is 0.0951. The topological polar surface area (TPSA) is 84.9 Å². The van der Waals surface area contributed by atoms with Gasteiger partial charge in [0.05, 0.1) is 25.7 Å². The van der Waals surface area contributed by atoms with E-state index in [2.05, 4.69) is 5.32 Å². The van der Waals surface area contributed by atoms with Crippen molar-refractivity contribution in [2.24, 2.45) is 0 Å². The number of hydrogen-bond donors (Lipinski definition) is 1. The molecule has 3 rings (SSSR count). The average molecular weight is 404 g/mol. The highest BCUT2D eigenvalue weighted by molar-refractivity contribution is 7.92. The van der Waals surface area contributed by atoms with Crippen LogP contribution in [0.3, 0.4) is 0 Å². The van der Waals surface area contributed by atoms with E-state index in [1.807, 2.05) is 25.1 Å². The van der Waals surface area contributed by atoms with Crippen LogP contribution in [-0.4, -0.2) is 40.8 Å². The number of rotatable bonds is 7. The number of carbonyl (C=O) groups is 1. The molecule has 1 aliphatic rings. The molecule has 0 spiro atoms. The molecular formula is C20H24N2O5S. The molecule has 150 valence electrons. The highest BCUT2D eigenvalue weighted by Crippen LogP contribution is 2.31. The third-order valence-electron chi connectivity index (χ3n) is 4.58. The van der Waals surface area contributed by atoms with Gasteiger partial charge in [0.2, 0.25) is 10.0 Å². The van der Waals surface area contributed by atoms with Crippen molar-refractivity contribution in [3.05, 3.63) is 53.1 Å². The van der Waals surface area contributed by atoms with Crippen molar-refractivity contribution in [2.45, 2.75) is 19.9 Å². The Bertz CT molecular complexity index is 988. The van der Waals surface area contributed by atoms with Gasteiger partial charge in [-0.25, -0.2) is 8.42 Å². The fourth-order valence-corrected chi connectivity index (χ4v) is 4.17. The minimum Gasteiger partial charge on any atom is -0.493 e. The van der Waals surface area contributed by atoms with Crippen molar-refractivity contribution in [3.8, 4) is 11.5 Å². The molecule has 0 fully saturated rings. The third-order valence-corrected chi connectivity index (χ3v) is 5.76. The van der Waals surface area contributed by atoms with Crippen LogP contribution in [0.1, 0.15) is 28.4 Å². The number of sulfonamides is 1. The van der Waals surface area contributed by atoms with Crippen LogP contribution in [0.2, 0.25) is 0 Å². The van der Waals surface area contributed by atoms with E-state index < -0.39 is 10.0 Å². The molecule has 0 atom stereocenters. The van der Waals surface area contributed by atoms with Crippen molar-refractivity contribution < 1.29 is 22.7 Å². The fraction of sp³-hybridized carbons (Fsp3) is 0.350. The van der Waals surface area contributed by atoms with Gasteiger partial charge in [-0.1, -0.05) is 12.1 Å². The van der Waals surface area contributed by atoms with E-state index in [0.29, 0.717) is 48.9 Å². The van der Waals surface area contributed by atoms with Crippen LogP contribution in [0.4, 0.5) is 5.69 Å². The summed E-state index contributed by atoms with van der Waals surface area (Å²) in [7, 11) is -1.78. The molecule has 2 aromatic rings. The van der Waals surface area contributed by atoms with Crippen LogP contribution in [0.15, 0.2) is 36.4 Å². The van der Waals surface area contributed by atoms with Gasteiger partial charge < -0.3 is 14.8 Å². The summed E-state index contributed by atoms with van der Waals surface area (Å²) < 4.78 is 36.0. The summed E-state index contributed by atoms with van der Waals surface area (Å²) in [5.41, 5.74) is 2.81. The lowest BCUT2D eigenvalue weighted by atomic mass is 10.1. The standard InChI is InChI=1S/C20H24N2O5S/c1-4-27-19-11-14(5-8-18(19)26-2)13-21-20(23)16-7-6-15-9-10-22(17(15)12-16)28(3,24)25/h5-8,11-12H,4,9-10,13H2,1-3H3,(H,21,23). The Morgan fingerprint density at radius 3 is 2.64 bits per heavy atom. The normalized spacial score (nSPS) is 13.2. The first-order valence-electron chi connectivity index (χ1n) is 9.02. The maximum Gasteiger partial charge on any atom is 0.251 e. The highest BCUT2D eigenvalue weighted by atomic mass is 32.2. The number of carbonyl (C=O) groups excluding carboxylic acids is 1. The van der Waals surface area contributed by atoms with E-state index in [1.54, 1.807) is 25.3 Å². The molecule has 7 nitrogen and oxygen atoms in total. The minimum absolute atomic E-state index is 0.267. The highest BCUT2D eigenvalue weighted by Gasteiger charge is 2.27. The van der Waals surface area contributed by atoms with Crippen LogP contribution in [0.5, 0.6) is 11.5 Å². The number of nitrogens with zero attached hydrogens (tertiary/aromatic N) is 1. The Hall–Kier alpha value is -2.74. The lowest BCUT2D eigenvalue weighted by Crippen LogP contribution is -2.28. The molecule has 0 bridgehead atoms. The number of fused-ring (bicyclic) bond motifs is 1. The molecule has 1 aliphatic heterocycles. The van der Waals surface area contributed by atoms with Gasteiger partial charge in [0.1, 0.15) is 0 Å². The molecule has 1 N–H and O–H groups in total. The number of nitrogens with one attached hydrogen (secondary N) is 1. The Labute approximate surface area is 165 Å². The van der Waals surface area contributed by atoms with Gasteiger partial charge in [0.25, 0.3) is 5.91 Å². The molecule has 0 saturated carbocycles. The molecule has 0 saturated heterocycles. The average Bonchev–Trinajstić information content (AvgIpc) is 3.10. The van der Waals surface area contributed by atoms with Crippen LogP contribution in [-0.2, 0) is 23.0 Å². The van der Waals surface area contributed by atoms with Gasteiger partial charge in [-0.05, 0) is 48.7 Å². The van der Waals surface area contributed by atoms with Crippen LogP contribution >= 0.6 is 0 Å².